The van der Waals surface area contributed by atoms with Crippen molar-refractivity contribution in [2.45, 2.75) is 17.2 Å². The van der Waals surface area contributed by atoms with Gasteiger partial charge in [0.15, 0.2) is 0 Å². The molecule has 78 valence electrons. The molecule has 0 unspecified atom stereocenters. The van der Waals surface area contributed by atoms with Gasteiger partial charge in [0, 0.05) is 0 Å². The van der Waals surface area contributed by atoms with E-state index in [2.05, 4.69) is 23.2 Å². The number of carbonyl (C=O) groups is 1. The second kappa shape index (κ2) is 3.20. The number of halogens is 8. The smallest absolute Gasteiger partial charge is 0.274 e. The zero-order valence-corrected chi connectivity index (χ0v) is 6.94. The first-order chi connectivity index (χ1) is 5.44. The van der Waals surface area contributed by atoms with Crippen LogP contribution >= 0.6 is 23.2 Å². The van der Waals surface area contributed by atoms with Gasteiger partial charge in [-0.1, -0.05) is 0 Å². The van der Waals surface area contributed by atoms with Crippen LogP contribution in [0.1, 0.15) is 0 Å². The maximum absolute atomic E-state index is 12.0. The standard InChI is InChI=1S/C4Cl2F6O/c5-1(13)2(7,8)3(9,10)4(6,11)12. The normalized spacial score (nSPS) is 14.5. The molecule has 0 aliphatic carbocycles. The van der Waals surface area contributed by atoms with E-state index in [9.17, 15) is 31.1 Å². The fourth-order valence-corrected chi connectivity index (χ4v) is 0.539. The summed E-state index contributed by atoms with van der Waals surface area (Å²) in [7, 11) is 0. The number of carbonyl (C=O) groups excluding carboxylic acids is 1. The van der Waals surface area contributed by atoms with Gasteiger partial charge in [0.05, 0.1) is 0 Å². The van der Waals surface area contributed by atoms with Crippen molar-refractivity contribution in [2.75, 3.05) is 0 Å². The van der Waals surface area contributed by atoms with Crippen LogP contribution in [-0.4, -0.2) is 22.5 Å². The third kappa shape index (κ3) is 2.01. The first-order valence-electron chi connectivity index (χ1n) is 2.47. The van der Waals surface area contributed by atoms with Crippen LogP contribution in [0, 0.1) is 0 Å². The largest absolute Gasteiger partial charge is 0.395 e. The molecule has 0 radical (unpaired) electrons. The molecule has 0 saturated heterocycles. The van der Waals surface area contributed by atoms with E-state index in [1.807, 2.05) is 0 Å². The number of rotatable bonds is 3. The van der Waals surface area contributed by atoms with Gasteiger partial charge in [-0.2, -0.15) is 26.3 Å². The number of hydrogen-bond acceptors (Lipinski definition) is 1. The summed E-state index contributed by atoms with van der Waals surface area (Å²) in [5.74, 6) is -11.7. The molecule has 0 N–H and O–H groups in total. The van der Waals surface area contributed by atoms with E-state index in [0.29, 0.717) is 0 Å². The molecule has 0 bridgehead atoms. The highest BCUT2D eigenvalue weighted by Gasteiger charge is 2.74. The summed E-state index contributed by atoms with van der Waals surface area (Å²) in [5, 5.41) is -8.46. The molecule has 0 aliphatic rings. The van der Waals surface area contributed by atoms with Crippen molar-refractivity contribution in [2.24, 2.45) is 0 Å². The van der Waals surface area contributed by atoms with Crippen molar-refractivity contribution in [1.29, 1.82) is 0 Å². The van der Waals surface area contributed by atoms with Crippen LogP contribution in [0.3, 0.4) is 0 Å². The Hall–Kier alpha value is -0.170. The maximum atomic E-state index is 12.0. The summed E-state index contributed by atoms with van der Waals surface area (Å²) < 4.78 is 71.5. The van der Waals surface area contributed by atoms with Crippen LogP contribution in [0.5, 0.6) is 0 Å². The lowest BCUT2D eigenvalue weighted by Gasteiger charge is -2.26. The summed E-state index contributed by atoms with van der Waals surface area (Å²) in [6.45, 7) is 0. The minimum atomic E-state index is -6.03. The van der Waals surface area contributed by atoms with Gasteiger partial charge >= 0.3 is 17.2 Å². The lowest BCUT2D eigenvalue weighted by molar-refractivity contribution is -0.264. The molecule has 0 aromatic carbocycles. The number of alkyl halides is 7. The Kier molecular flexibility index (Phi) is 3.16. The lowest BCUT2D eigenvalue weighted by Crippen LogP contribution is -2.54. The van der Waals surface area contributed by atoms with Crippen molar-refractivity contribution in [3.8, 4) is 0 Å². The highest BCUT2D eigenvalue weighted by molar-refractivity contribution is 6.65. The zero-order valence-electron chi connectivity index (χ0n) is 5.43. The van der Waals surface area contributed by atoms with Gasteiger partial charge in [-0.3, -0.25) is 4.79 Å². The Balaban J connectivity index is 5.16. The molecule has 0 aliphatic heterocycles. The number of hydrogen-bond donors (Lipinski definition) is 0. The van der Waals surface area contributed by atoms with Crippen LogP contribution in [0.25, 0.3) is 0 Å². The highest BCUT2D eigenvalue weighted by Crippen LogP contribution is 2.48. The van der Waals surface area contributed by atoms with E-state index < -0.39 is 22.5 Å². The minimum Gasteiger partial charge on any atom is -0.274 e. The fourth-order valence-electron chi connectivity index (χ4n) is 0.301. The summed E-state index contributed by atoms with van der Waals surface area (Å²) in [4.78, 5) is 9.70. The summed E-state index contributed by atoms with van der Waals surface area (Å²) in [5.41, 5.74) is 0. The van der Waals surface area contributed by atoms with E-state index in [-0.39, 0.29) is 0 Å². The molecule has 13 heavy (non-hydrogen) atoms. The van der Waals surface area contributed by atoms with E-state index in [4.69, 9.17) is 0 Å². The molecule has 9 heteroatoms. The van der Waals surface area contributed by atoms with Crippen LogP contribution in [-0.2, 0) is 4.79 Å². The van der Waals surface area contributed by atoms with Gasteiger partial charge < -0.3 is 0 Å². The van der Waals surface area contributed by atoms with Gasteiger partial charge in [-0.15, -0.1) is 0 Å². The van der Waals surface area contributed by atoms with Crippen LogP contribution in [0.15, 0.2) is 0 Å². The molecule has 1 nitrogen and oxygen atoms in total. The van der Waals surface area contributed by atoms with Crippen molar-refractivity contribution >= 4 is 28.4 Å². The lowest BCUT2D eigenvalue weighted by atomic mass is 10.2. The SMILES string of the molecule is O=C(Cl)C(F)(F)C(F)(F)C(F)(F)Cl. The average Bonchev–Trinajstić information content (AvgIpc) is 1.84. The van der Waals surface area contributed by atoms with Crippen molar-refractivity contribution in [3.63, 3.8) is 0 Å². The van der Waals surface area contributed by atoms with Crippen molar-refractivity contribution < 1.29 is 31.1 Å². The first-order valence-corrected chi connectivity index (χ1v) is 3.22. The second-order valence-electron chi connectivity index (χ2n) is 1.92. The third-order valence-electron chi connectivity index (χ3n) is 0.997. The van der Waals surface area contributed by atoms with Gasteiger partial charge in [0.2, 0.25) is 0 Å². The molecule has 0 amide bonds. The maximum Gasteiger partial charge on any atom is 0.395 e. The summed E-state index contributed by atoms with van der Waals surface area (Å²) in [6.07, 6.45) is 0. The molecule has 0 spiro atoms. The molecule has 0 saturated carbocycles. The Morgan fingerprint density at radius 2 is 1.31 bits per heavy atom. The van der Waals surface area contributed by atoms with Crippen LogP contribution in [0.4, 0.5) is 26.3 Å². The molecule has 0 atom stereocenters. The van der Waals surface area contributed by atoms with Gasteiger partial charge in [0.1, 0.15) is 0 Å². The highest BCUT2D eigenvalue weighted by atomic mass is 35.5. The van der Waals surface area contributed by atoms with E-state index >= 15 is 0 Å². The molecule has 0 heterocycles. The molecular weight excluding hydrogens is 249 g/mol. The average molecular weight is 249 g/mol. The van der Waals surface area contributed by atoms with Crippen molar-refractivity contribution in [1.82, 2.24) is 0 Å². The Bertz CT molecular complexity index is 221. The second-order valence-corrected chi connectivity index (χ2v) is 2.74. The Labute approximate surface area is 77.6 Å². The van der Waals surface area contributed by atoms with Crippen molar-refractivity contribution in [3.05, 3.63) is 0 Å². The van der Waals surface area contributed by atoms with Crippen LogP contribution < -0.4 is 0 Å². The monoisotopic (exact) mass is 248 g/mol. The molecule has 0 fully saturated rings. The summed E-state index contributed by atoms with van der Waals surface area (Å²) >= 11 is 7.68. The predicted molar refractivity (Wildman–Crippen MR) is 31.6 cm³/mol. The van der Waals surface area contributed by atoms with Crippen LogP contribution in [0.2, 0.25) is 0 Å². The molecule has 0 rings (SSSR count). The quantitative estimate of drug-likeness (QED) is 0.427. The van der Waals surface area contributed by atoms with Gasteiger partial charge in [-0.05, 0) is 23.2 Å². The molecular formula is C4Cl2F6O. The zero-order chi connectivity index (χ0) is 11.1. The van der Waals surface area contributed by atoms with E-state index in [1.54, 1.807) is 0 Å². The molecule has 0 aromatic rings. The third-order valence-corrected chi connectivity index (χ3v) is 1.47. The van der Waals surface area contributed by atoms with Gasteiger partial charge in [0.25, 0.3) is 5.24 Å². The Morgan fingerprint density at radius 1 is 1.00 bits per heavy atom. The van der Waals surface area contributed by atoms with E-state index in [0.717, 1.165) is 0 Å². The fraction of sp³-hybridized carbons (Fsp3) is 0.750. The predicted octanol–water partition coefficient (Wildman–Crippen LogP) is 2.85. The molecule has 0 aromatic heterocycles. The topological polar surface area (TPSA) is 17.1 Å². The summed E-state index contributed by atoms with van der Waals surface area (Å²) in [6, 6.07) is 0. The van der Waals surface area contributed by atoms with E-state index in [1.165, 1.54) is 0 Å². The Morgan fingerprint density at radius 3 is 1.38 bits per heavy atom. The van der Waals surface area contributed by atoms with Gasteiger partial charge in [-0.25, -0.2) is 0 Å². The minimum absolute atomic E-state index is 2.90. The first kappa shape index (κ1) is 12.8.